The fraction of sp³-hybridized carbons (Fsp3) is 0.350. The first-order valence-electron chi connectivity index (χ1n) is 8.90. The van der Waals surface area contributed by atoms with Crippen molar-refractivity contribution in [1.29, 1.82) is 0 Å². The predicted octanol–water partition coefficient (Wildman–Crippen LogP) is 2.07. The number of rotatable bonds is 8. The van der Waals surface area contributed by atoms with Gasteiger partial charge in [0.05, 0.1) is 23.4 Å². The minimum absolute atomic E-state index is 0.0554. The maximum absolute atomic E-state index is 12.3. The van der Waals surface area contributed by atoms with Crippen LogP contribution in [0.1, 0.15) is 45.4 Å². The van der Waals surface area contributed by atoms with Gasteiger partial charge in [0.25, 0.3) is 11.8 Å². The highest BCUT2D eigenvalue weighted by atomic mass is 16.3. The Labute approximate surface area is 157 Å². The van der Waals surface area contributed by atoms with Crippen LogP contribution in [0.3, 0.4) is 0 Å². The average Bonchev–Trinajstić information content (AvgIpc) is 3.25. The summed E-state index contributed by atoms with van der Waals surface area (Å²) in [7, 11) is 3.84. The summed E-state index contributed by atoms with van der Waals surface area (Å²) in [6.07, 6.45) is 2.27. The Morgan fingerprint density at radius 3 is 2.33 bits per heavy atom. The van der Waals surface area contributed by atoms with E-state index in [-0.39, 0.29) is 36.7 Å². The monoisotopic (exact) mass is 369 g/mol. The molecular weight excluding hydrogens is 346 g/mol. The van der Waals surface area contributed by atoms with Gasteiger partial charge in [0.1, 0.15) is 5.76 Å². The summed E-state index contributed by atoms with van der Waals surface area (Å²) in [6, 6.07) is 10.4. The third kappa shape index (κ3) is 4.09. The van der Waals surface area contributed by atoms with Crippen LogP contribution in [0.5, 0.6) is 0 Å². The molecule has 1 aliphatic heterocycles. The second-order valence-electron chi connectivity index (χ2n) is 6.71. The Morgan fingerprint density at radius 1 is 1.11 bits per heavy atom. The smallest absolute Gasteiger partial charge is 0.261 e. The van der Waals surface area contributed by atoms with E-state index >= 15 is 0 Å². The number of hydrogen-bond donors (Lipinski definition) is 1. The summed E-state index contributed by atoms with van der Waals surface area (Å²) in [4.78, 5) is 39.9. The van der Waals surface area contributed by atoms with Crippen molar-refractivity contribution in [2.24, 2.45) is 0 Å². The second kappa shape index (κ2) is 8.18. The average molecular weight is 369 g/mol. The van der Waals surface area contributed by atoms with Gasteiger partial charge in [0.2, 0.25) is 5.91 Å². The van der Waals surface area contributed by atoms with Gasteiger partial charge in [-0.25, -0.2) is 0 Å². The molecule has 1 unspecified atom stereocenters. The molecule has 0 spiro atoms. The number of likely N-dealkylation sites (N-methyl/N-ethyl adjacent to an activating group) is 1. The van der Waals surface area contributed by atoms with Crippen LogP contribution in [0.2, 0.25) is 0 Å². The topological polar surface area (TPSA) is 82.9 Å². The van der Waals surface area contributed by atoms with Crippen LogP contribution in [0, 0.1) is 0 Å². The minimum Gasteiger partial charge on any atom is -0.468 e. The molecule has 0 saturated heterocycles. The van der Waals surface area contributed by atoms with Crippen LogP contribution in [-0.4, -0.2) is 54.7 Å². The Kier molecular flexibility index (Phi) is 5.71. The number of amides is 3. The van der Waals surface area contributed by atoms with Crippen LogP contribution in [-0.2, 0) is 4.79 Å². The number of hydrogen-bond acceptors (Lipinski definition) is 5. The summed E-state index contributed by atoms with van der Waals surface area (Å²) in [5.74, 6) is 0.0827. The molecule has 1 aliphatic rings. The zero-order valence-corrected chi connectivity index (χ0v) is 15.5. The van der Waals surface area contributed by atoms with Gasteiger partial charge in [0, 0.05) is 19.5 Å². The molecule has 0 bridgehead atoms. The molecule has 1 aromatic carbocycles. The maximum Gasteiger partial charge on any atom is 0.261 e. The summed E-state index contributed by atoms with van der Waals surface area (Å²) >= 11 is 0. The molecule has 27 heavy (non-hydrogen) atoms. The van der Waals surface area contributed by atoms with Gasteiger partial charge in [-0.2, -0.15) is 0 Å². The van der Waals surface area contributed by atoms with Gasteiger partial charge >= 0.3 is 0 Å². The first-order chi connectivity index (χ1) is 13.0. The van der Waals surface area contributed by atoms with E-state index in [1.807, 2.05) is 31.1 Å². The van der Waals surface area contributed by atoms with Crippen LogP contribution < -0.4 is 5.32 Å². The van der Waals surface area contributed by atoms with Crippen LogP contribution in [0.25, 0.3) is 0 Å². The first kappa shape index (κ1) is 18.8. The molecule has 1 N–H and O–H groups in total. The van der Waals surface area contributed by atoms with E-state index < -0.39 is 0 Å². The van der Waals surface area contributed by atoms with Gasteiger partial charge in [-0.05, 0) is 44.8 Å². The van der Waals surface area contributed by atoms with Crippen molar-refractivity contribution >= 4 is 17.7 Å². The molecular formula is C20H23N3O4. The zero-order chi connectivity index (χ0) is 19.4. The van der Waals surface area contributed by atoms with Crippen LogP contribution >= 0.6 is 0 Å². The van der Waals surface area contributed by atoms with Crippen molar-refractivity contribution in [3.05, 3.63) is 59.5 Å². The van der Waals surface area contributed by atoms with Gasteiger partial charge in [-0.3, -0.25) is 24.2 Å². The molecule has 1 aromatic heterocycles. The number of carbonyl (C=O) groups is 3. The van der Waals surface area contributed by atoms with E-state index in [4.69, 9.17) is 4.42 Å². The number of imide groups is 1. The van der Waals surface area contributed by atoms with E-state index in [2.05, 4.69) is 5.32 Å². The third-order valence-corrected chi connectivity index (χ3v) is 4.65. The Balaban J connectivity index is 1.46. The molecule has 0 radical (unpaired) electrons. The molecule has 0 saturated carbocycles. The highest BCUT2D eigenvalue weighted by Crippen LogP contribution is 2.22. The highest BCUT2D eigenvalue weighted by molar-refractivity contribution is 6.21. The molecule has 1 atom stereocenters. The Hall–Kier alpha value is -2.93. The predicted molar refractivity (Wildman–Crippen MR) is 99.2 cm³/mol. The van der Waals surface area contributed by atoms with Gasteiger partial charge in [-0.15, -0.1) is 0 Å². The van der Waals surface area contributed by atoms with Crippen molar-refractivity contribution in [3.63, 3.8) is 0 Å². The normalized spacial score (nSPS) is 14.6. The third-order valence-electron chi connectivity index (χ3n) is 4.65. The molecule has 7 nitrogen and oxygen atoms in total. The quantitative estimate of drug-likeness (QED) is 0.721. The number of carbonyl (C=O) groups excluding carboxylic acids is 3. The van der Waals surface area contributed by atoms with E-state index in [1.165, 1.54) is 4.90 Å². The summed E-state index contributed by atoms with van der Waals surface area (Å²) in [5.41, 5.74) is 0.860. The Morgan fingerprint density at radius 2 is 1.78 bits per heavy atom. The fourth-order valence-corrected chi connectivity index (χ4v) is 3.16. The molecule has 142 valence electrons. The number of nitrogens with one attached hydrogen (secondary N) is 1. The van der Waals surface area contributed by atoms with E-state index in [0.29, 0.717) is 24.1 Å². The number of furan rings is 1. The molecule has 7 heteroatoms. The summed E-state index contributed by atoms with van der Waals surface area (Å²) < 4.78 is 5.42. The SMILES string of the molecule is CN(C)C(CNC(=O)CCCN1C(=O)c2ccccc2C1=O)c1ccco1. The van der Waals surface area contributed by atoms with Crippen molar-refractivity contribution < 1.29 is 18.8 Å². The molecule has 3 rings (SSSR count). The highest BCUT2D eigenvalue weighted by Gasteiger charge is 2.34. The van der Waals surface area contributed by atoms with Crippen molar-refractivity contribution in [2.45, 2.75) is 18.9 Å². The summed E-state index contributed by atoms with van der Waals surface area (Å²) in [6.45, 7) is 0.654. The number of nitrogens with zero attached hydrogens (tertiary/aromatic N) is 2. The summed E-state index contributed by atoms with van der Waals surface area (Å²) in [5, 5.41) is 2.89. The van der Waals surface area contributed by atoms with Crippen molar-refractivity contribution in [2.75, 3.05) is 27.2 Å². The lowest BCUT2D eigenvalue weighted by Gasteiger charge is -2.22. The largest absolute Gasteiger partial charge is 0.468 e. The lowest BCUT2D eigenvalue weighted by Crippen LogP contribution is -2.35. The van der Waals surface area contributed by atoms with Gasteiger partial charge in [0.15, 0.2) is 0 Å². The standard InChI is InChI=1S/C20H23N3O4/c1-22(2)16(17-9-6-12-27-17)13-21-18(24)10-5-11-23-19(25)14-7-3-4-8-15(14)20(23)26/h3-4,6-9,12,16H,5,10-11,13H2,1-2H3,(H,21,24). The van der Waals surface area contributed by atoms with Crippen LogP contribution in [0.4, 0.5) is 0 Å². The molecule has 2 aromatic rings. The molecule has 2 heterocycles. The molecule has 3 amide bonds. The van der Waals surface area contributed by atoms with E-state index in [9.17, 15) is 14.4 Å². The zero-order valence-electron chi connectivity index (χ0n) is 15.5. The lowest BCUT2D eigenvalue weighted by atomic mass is 10.1. The Bertz CT molecular complexity index is 795. The fourth-order valence-electron chi connectivity index (χ4n) is 3.16. The maximum atomic E-state index is 12.3. The van der Waals surface area contributed by atoms with Gasteiger partial charge in [-0.1, -0.05) is 12.1 Å². The number of fused-ring (bicyclic) bond motifs is 1. The number of benzene rings is 1. The molecule has 0 fully saturated rings. The van der Waals surface area contributed by atoms with E-state index in [1.54, 1.807) is 30.5 Å². The minimum atomic E-state index is -0.290. The van der Waals surface area contributed by atoms with Crippen molar-refractivity contribution in [3.8, 4) is 0 Å². The van der Waals surface area contributed by atoms with Gasteiger partial charge < -0.3 is 9.73 Å². The molecule has 0 aliphatic carbocycles. The van der Waals surface area contributed by atoms with Crippen LogP contribution in [0.15, 0.2) is 47.1 Å². The lowest BCUT2D eigenvalue weighted by molar-refractivity contribution is -0.121. The van der Waals surface area contributed by atoms with Crippen molar-refractivity contribution in [1.82, 2.24) is 15.1 Å². The van der Waals surface area contributed by atoms with E-state index in [0.717, 1.165) is 5.76 Å². The second-order valence-corrected chi connectivity index (χ2v) is 6.71. The first-order valence-corrected chi connectivity index (χ1v) is 8.90.